The van der Waals surface area contributed by atoms with Crippen molar-refractivity contribution >= 4 is 5.91 Å². The summed E-state index contributed by atoms with van der Waals surface area (Å²) in [7, 11) is 4.91. The highest BCUT2D eigenvalue weighted by Gasteiger charge is 2.23. The van der Waals surface area contributed by atoms with Crippen molar-refractivity contribution < 1.29 is 19.0 Å². The number of hydrogen-bond donors (Lipinski definition) is 1. The van der Waals surface area contributed by atoms with Crippen LogP contribution in [0.25, 0.3) is 0 Å². The van der Waals surface area contributed by atoms with Gasteiger partial charge in [-0.1, -0.05) is 24.6 Å². The Bertz CT molecular complexity index is 832. The molecule has 1 saturated heterocycles. The first kappa shape index (κ1) is 22.9. The van der Waals surface area contributed by atoms with Gasteiger partial charge in [0.25, 0.3) is 0 Å². The van der Waals surface area contributed by atoms with E-state index in [-0.39, 0.29) is 11.9 Å². The van der Waals surface area contributed by atoms with E-state index in [1.807, 2.05) is 30.3 Å². The number of benzene rings is 2. The normalized spacial score (nSPS) is 15.2. The first-order valence-electron chi connectivity index (χ1n) is 11.0. The molecule has 1 unspecified atom stereocenters. The number of ether oxygens (including phenoxy) is 3. The van der Waals surface area contributed by atoms with Crippen LogP contribution in [0.4, 0.5) is 0 Å². The number of likely N-dealkylation sites (tertiary alicyclic amines) is 1. The number of carbonyl (C=O) groups excluding carboxylic acids is 1. The molecule has 2 aromatic rings. The zero-order valence-electron chi connectivity index (χ0n) is 18.9. The number of nitrogens with zero attached hydrogens (tertiary/aromatic N) is 1. The first-order chi connectivity index (χ1) is 15.1. The van der Waals surface area contributed by atoms with Crippen molar-refractivity contribution in [1.82, 2.24) is 10.2 Å². The van der Waals surface area contributed by atoms with E-state index in [0.29, 0.717) is 30.9 Å². The highest BCUT2D eigenvalue weighted by molar-refractivity contribution is 5.76. The van der Waals surface area contributed by atoms with Gasteiger partial charge < -0.3 is 19.5 Å². The zero-order valence-corrected chi connectivity index (χ0v) is 18.9. The third-order valence-electron chi connectivity index (χ3n) is 5.91. The maximum atomic E-state index is 12.6. The van der Waals surface area contributed by atoms with Gasteiger partial charge in [0.1, 0.15) is 5.75 Å². The highest BCUT2D eigenvalue weighted by atomic mass is 16.5. The summed E-state index contributed by atoms with van der Waals surface area (Å²) in [6, 6.07) is 14.2. The van der Waals surface area contributed by atoms with E-state index in [0.717, 1.165) is 24.4 Å². The fourth-order valence-electron chi connectivity index (χ4n) is 4.11. The smallest absolute Gasteiger partial charge is 0.220 e. The fourth-order valence-corrected chi connectivity index (χ4v) is 4.11. The Morgan fingerprint density at radius 1 is 0.935 bits per heavy atom. The molecule has 1 N–H and O–H groups in total. The lowest BCUT2D eigenvalue weighted by atomic mass is 10.0. The summed E-state index contributed by atoms with van der Waals surface area (Å²) in [5.74, 6) is 2.29. The first-order valence-corrected chi connectivity index (χ1v) is 11.0. The van der Waals surface area contributed by atoms with Gasteiger partial charge in [0.2, 0.25) is 5.91 Å². The average Bonchev–Trinajstić information content (AvgIpc) is 2.83. The predicted molar refractivity (Wildman–Crippen MR) is 122 cm³/mol. The Hall–Kier alpha value is -2.73. The van der Waals surface area contributed by atoms with Crippen LogP contribution in [0.3, 0.4) is 0 Å². The summed E-state index contributed by atoms with van der Waals surface area (Å²) in [5, 5.41) is 3.16. The second-order valence-corrected chi connectivity index (χ2v) is 7.88. The Kier molecular flexibility index (Phi) is 8.59. The SMILES string of the molecule is COc1ccc(C(CNC(=O)CCc2ccc(OC)c(OC)c2)N2CCCCC2)cc1. The molecule has 0 aromatic heterocycles. The summed E-state index contributed by atoms with van der Waals surface area (Å²) >= 11 is 0. The van der Waals surface area contributed by atoms with E-state index in [4.69, 9.17) is 14.2 Å². The lowest BCUT2D eigenvalue weighted by Crippen LogP contribution is -2.40. The monoisotopic (exact) mass is 426 g/mol. The topological polar surface area (TPSA) is 60.0 Å². The Balaban J connectivity index is 1.59. The molecule has 1 atom stereocenters. The lowest BCUT2D eigenvalue weighted by molar-refractivity contribution is -0.121. The second kappa shape index (κ2) is 11.6. The van der Waals surface area contributed by atoms with Gasteiger partial charge in [-0.2, -0.15) is 0 Å². The minimum absolute atomic E-state index is 0.0605. The summed E-state index contributed by atoms with van der Waals surface area (Å²) < 4.78 is 15.9. The summed E-state index contributed by atoms with van der Waals surface area (Å²) in [6.07, 6.45) is 4.79. The van der Waals surface area contributed by atoms with Crippen molar-refractivity contribution in [2.45, 2.75) is 38.1 Å². The minimum Gasteiger partial charge on any atom is -0.497 e. The van der Waals surface area contributed by atoms with Crippen LogP contribution in [0.2, 0.25) is 0 Å². The molecule has 1 aliphatic heterocycles. The van der Waals surface area contributed by atoms with Crippen molar-refractivity contribution in [3.8, 4) is 17.2 Å². The third-order valence-corrected chi connectivity index (χ3v) is 5.91. The molecule has 0 radical (unpaired) electrons. The largest absolute Gasteiger partial charge is 0.497 e. The molecule has 1 heterocycles. The van der Waals surface area contributed by atoms with Crippen LogP contribution < -0.4 is 19.5 Å². The molecule has 0 spiro atoms. The quantitative estimate of drug-likeness (QED) is 0.623. The maximum Gasteiger partial charge on any atom is 0.220 e. The van der Waals surface area contributed by atoms with Gasteiger partial charge in [-0.15, -0.1) is 0 Å². The number of methoxy groups -OCH3 is 3. The van der Waals surface area contributed by atoms with Crippen molar-refractivity contribution in [3.05, 3.63) is 53.6 Å². The summed E-state index contributed by atoms with van der Waals surface area (Å²) in [4.78, 5) is 15.1. The minimum atomic E-state index is 0.0605. The Morgan fingerprint density at radius 2 is 1.65 bits per heavy atom. The van der Waals surface area contributed by atoms with Crippen LogP contribution in [-0.2, 0) is 11.2 Å². The predicted octanol–water partition coefficient (Wildman–Crippen LogP) is 3.99. The number of hydrogen-bond acceptors (Lipinski definition) is 5. The van der Waals surface area contributed by atoms with Gasteiger partial charge in [-0.3, -0.25) is 9.69 Å². The van der Waals surface area contributed by atoms with Crippen molar-refractivity contribution in [2.75, 3.05) is 41.0 Å². The summed E-state index contributed by atoms with van der Waals surface area (Å²) in [5.41, 5.74) is 2.26. The van der Waals surface area contributed by atoms with E-state index in [2.05, 4.69) is 22.3 Å². The van der Waals surface area contributed by atoms with Crippen molar-refractivity contribution in [3.63, 3.8) is 0 Å². The molecule has 6 heteroatoms. The van der Waals surface area contributed by atoms with Gasteiger partial charge in [0.05, 0.1) is 27.4 Å². The number of nitrogens with one attached hydrogen (secondary N) is 1. The maximum absolute atomic E-state index is 12.6. The molecule has 2 aromatic carbocycles. The van der Waals surface area contributed by atoms with Crippen LogP contribution in [0.15, 0.2) is 42.5 Å². The Morgan fingerprint density at radius 3 is 2.29 bits per heavy atom. The molecule has 1 aliphatic rings. The van der Waals surface area contributed by atoms with Gasteiger partial charge >= 0.3 is 0 Å². The number of piperidine rings is 1. The molecule has 31 heavy (non-hydrogen) atoms. The standard InChI is InChI=1S/C25H34N2O4/c1-29-21-11-9-20(10-12-21)22(27-15-5-4-6-16-27)18-26-25(28)14-8-19-7-13-23(30-2)24(17-19)31-3/h7,9-13,17,22H,4-6,8,14-16,18H2,1-3H3,(H,26,28). The molecular formula is C25H34N2O4. The Labute approximate surface area is 185 Å². The zero-order chi connectivity index (χ0) is 22.1. The van der Waals surface area contributed by atoms with E-state index < -0.39 is 0 Å². The van der Waals surface area contributed by atoms with Gasteiger partial charge in [-0.05, 0) is 67.7 Å². The molecule has 1 amide bonds. The van der Waals surface area contributed by atoms with E-state index in [1.165, 1.54) is 24.8 Å². The third kappa shape index (κ3) is 6.37. The van der Waals surface area contributed by atoms with Crippen molar-refractivity contribution in [1.29, 1.82) is 0 Å². The average molecular weight is 427 g/mol. The van der Waals surface area contributed by atoms with Crippen LogP contribution in [0, 0.1) is 0 Å². The number of carbonyl (C=O) groups is 1. The number of rotatable bonds is 10. The van der Waals surface area contributed by atoms with Crippen molar-refractivity contribution in [2.24, 2.45) is 0 Å². The molecule has 0 aliphatic carbocycles. The number of aryl methyl sites for hydroxylation is 1. The fraction of sp³-hybridized carbons (Fsp3) is 0.480. The van der Waals surface area contributed by atoms with E-state index in [1.54, 1.807) is 21.3 Å². The highest BCUT2D eigenvalue weighted by Crippen LogP contribution is 2.28. The molecule has 6 nitrogen and oxygen atoms in total. The molecule has 0 saturated carbocycles. The van der Waals surface area contributed by atoms with E-state index >= 15 is 0 Å². The van der Waals surface area contributed by atoms with Crippen LogP contribution in [0.1, 0.15) is 42.9 Å². The van der Waals surface area contributed by atoms with Crippen LogP contribution in [-0.4, -0.2) is 51.8 Å². The molecule has 0 bridgehead atoms. The second-order valence-electron chi connectivity index (χ2n) is 7.88. The van der Waals surface area contributed by atoms with Gasteiger partial charge in [0, 0.05) is 13.0 Å². The number of amides is 1. The summed E-state index contributed by atoms with van der Waals surface area (Å²) in [6.45, 7) is 2.74. The molecule has 168 valence electrons. The van der Waals surface area contributed by atoms with Crippen LogP contribution in [0.5, 0.6) is 17.2 Å². The van der Waals surface area contributed by atoms with Crippen LogP contribution >= 0.6 is 0 Å². The lowest BCUT2D eigenvalue weighted by Gasteiger charge is -2.35. The molecule has 3 rings (SSSR count). The molecule has 1 fully saturated rings. The molecular weight excluding hydrogens is 392 g/mol. The van der Waals surface area contributed by atoms with Gasteiger partial charge in [0.15, 0.2) is 11.5 Å². The van der Waals surface area contributed by atoms with E-state index in [9.17, 15) is 4.79 Å². The van der Waals surface area contributed by atoms with Gasteiger partial charge in [-0.25, -0.2) is 0 Å².